The van der Waals surface area contributed by atoms with Crippen molar-refractivity contribution < 1.29 is 27.9 Å². The van der Waals surface area contributed by atoms with Gasteiger partial charge in [0.2, 0.25) is 0 Å². The summed E-state index contributed by atoms with van der Waals surface area (Å²) in [6, 6.07) is -1.91. The van der Waals surface area contributed by atoms with E-state index in [2.05, 4.69) is 10.6 Å². The topological polar surface area (TPSA) is 122 Å². The highest BCUT2D eigenvalue weighted by molar-refractivity contribution is 7.90. The maximum Gasteiger partial charge on any atom is 0.326 e. The number of carboxylic acid groups (broad SMARTS) is 1. The maximum absolute atomic E-state index is 11.4. The molecule has 118 valence electrons. The number of urea groups is 1. The van der Waals surface area contributed by atoms with Crippen LogP contribution in [-0.2, 0) is 19.4 Å². The summed E-state index contributed by atoms with van der Waals surface area (Å²) in [5, 5.41) is 13.5. The van der Waals surface area contributed by atoms with Crippen molar-refractivity contribution in [2.75, 3.05) is 25.2 Å². The number of sulfone groups is 1. The molecule has 0 aromatic rings. The van der Waals surface area contributed by atoms with E-state index >= 15 is 0 Å². The van der Waals surface area contributed by atoms with E-state index in [1.54, 1.807) is 0 Å². The van der Waals surface area contributed by atoms with Crippen LogP contribution in [0, 0.1) is 0 Å². The third kappa shape index (κ3) is 10.6. The molecule has 0 fully saturated rings. The Labute approximate surface area is 118 Å². The van der Waals surface area contributed by atoms with Gasteiger partial charge in [-0.3, -0.25) is 0 Å². The van der Waals surface area contributed by atoms with E-state index in [0.29, 0.717) is 6.61 Å². The van der Waals surface area contributed by atoms with Gasteiger partial charge in [-0.2, -0.15) is 0 Å². The molecule has 2 amide bonds. The highest BCUT2D eigenvalue weighted by Gasteiger charge is 2.21. The number of hydrogen-bond acceptors (Lipinski definition) is 5. The summed E-state index contributed by atoms with van der Waals surface area (Å²) in [7, 11) is -3.27. The van der Waals surface area contributed by atoms with Gasteiger partial charge in [0.25, 0.3) is 0 Å². The van der Waals surface area contributed by atoms with Crippen LogP contribution in [0.1, 0.15) is 20.3 Å². The number of amides is 2. The van der Waals surface area contributed by atoms with Crippen molar-refractivity contribution in [3.05, 3.63) is 0 Å². The second kappa shape index (κ2) is 8.75. The largest absolute Gasteiger partial charge is 0.480 e. The Hall–Kier alpha value is -1.35. The molecule has 0 saturated carbocycles. The van der Waals surface area contributed by atoms with Crippen molar-refractivity contribution in [2.45, 2.75) is 32.4 Å². The van der Waals surface area contributed by atoms with Gasteiger partial charge in [-0.05, 0) is 20.3 Å². The molecule has 0 heterocycles. The number of ether oxygens (including phenoxy) is 1. The first-order valence-electron chi connectivity index (χ1n) is 6.18. The fourth-order valence-corrected chi connectivity index (χ4v) is 1.92. The minimum Gasteiger partial charge on any atom is -0.480 e. The second-order valence-corrected chi connectivity index (χ2v) is 6.89. The molecule has 0 bridgehead atoms. The van der Waals surface area contributed by atoms with Gasteiger partial charge in [0.05, 0.1) is 18.5 Å². The number of hydrogen-bond donors (Lipinski definition) is 3. The van der Waals surface area contributed by atoms with Crippen molar-refractivity contribution in [3.8, 4) is 0 Å². The molecule has 0 saturated heterocycles. The van der Waals surface area contributed by atoms with Crippen LogP contribution in [0.5, 0.6) is 0 Å². The molecule has 9 heteroatoms. The van der Waals surface area contributed by atoms with E-state index in [9.17, 15) is 18.0 Å². The Morgan fingerprint density at radius 3 is 2.35 bits per heavy atom. The van der Waals surface area contributed by atoms with Crippen LogP contribution in [0.2, 0.25) is 0 Å². The molecular formula is C11H22N2O6S. The van der Waals surface area contributed by atoms with Crippen molar-refractivity contribution in [3.63, 3.8) is 0 Å². The average Bonchev–Trinajstić information content (AvgIpc) is 2.28. The van der Waals surface area contributed by atoms with Crippen LogP contribution in [0.3, 0.4) is 0 Å². The third-order valence-electron chi connectivity index (χ3n) is 2.22. The molecule has 3 N–H and O–H groups in total. The van der Waals surface area contributed by atoms with Crippen LogP contribution < -0.4 is 10.6 Å². The Balaban J connectivity index is 4.12. The minimum absolute atomic E-state index is 0.0430. The molecule has 20 heavy (non-hydrogen) atoms. The molecule has 1 unspecified atom stereocenters. The van der Waals surface area contributed by atoms with E-state index in [1.165, 1.54) is 0 Å². The lowest BCUT2D eigenvalue weighted by molar-refractivity contribution is -0.139. The van der Waals surface area contributed by atoms with Gasteiger partial charge in [0.15, 0.2) is 0 Å². The monoisotopic (exact) mass is 310 g/mol. The van der Waals surface area contributed by atoms with Crippen LogP contribution >= 0.6 is 0 Å². The van der Waals surface area contributed by atoms with Gasteiger partial charge in [-0.15, -0.1) is 0 Å². The van der Waals surface area contributed by atoms with Crippen LogP contribution in [0.4, 0.5) is 4.79 Å². The Morgan fingerprint density at radius 2 is 1.90 bits per heavy atom. The molecule has 0 aromatic carbocycles. The quantitative estimate of drug-likeness (QED) is 0.498. The van der Waals surface area contributed by atoms with Gasteiger partial charge >= 0.3 is 12.0 Å². The minimum atomic E-state index is -3.27. The summed E-state index contributed by atoms with van der Waals surface area (Å²) in [6.45, 7) is 4.26. The standard InChI is InChI=1S/C11H22N2O6S/c1-8(2)19-6-5-12-11(16)13-9(10(14)15)4-7-20(3,17)18/h8-9H,4-7H2,1-3H3,(H,14,15)(H2,12,13,16). The SMILES string of the molecule is CC(C)OCCNC(=O)NC(CCS(C)(=O)=O)C(=O)O. The summed E-state index contributed by atoms with van der Waals surface area (Å²) < 4.78 is 27.2. The van der Waals surface area contributed by atoms with Crippen molar-refractivity contribution in [1.29, 1.82) is 0 Å². The van der Waals surface area contributed by atoms with Crippen molar-refractivity contribution in [2.24, 2.45) is 0 Å². The molecule has 0 radical (unpaired) electrons. The summed E-state index contributed by atoms with van der Waals surface area (Å²) in [5.74, 6) is -1.58. The lowest BCUT2D eigenvalue weighted by atomic mass is 10.2. The average molecular weight is 310 g/mol. The van der Waals surface area contributed by atoms with E-state index in [1.807, 2.05) is 13.8 Å². The third-order valence-corrected chi connectivity index (χ3v) is 3.20. The fraction of sp³-hybridized carbons (Fsp3) is 0.818. The van der Waals surface area contributed by atoms with Crippen molar-refractivity contribution >= 4 is 21.8 Å². The fourth-order valence-electron chi connectivity index (χ4n) is 1.26. The first-order valence-corrected chi connectivity index (χ1v) is 8.24. The zero-order valence-electron chi connectivity index (χ0n) is 11.9. The zero-order chi connectivity index (χ0) is 15.8. The summed E-state index contributed by atoms with van der Waals surface area (Å²) in [4.78, 5) is 22.3. The zero-order valence-corrected chi connectivity index (χ0v) is 12.7. The van der Waals surface area contributed by atoms with Gasteiger partial charge in [-0.1, -0.05) is 0 Å². The van der Waals surface area contributed by atoms with E-state index in [4.69, 9.17) is 9.84 Å². The number of carbonyl (C=O) groups excluding carboxylic acids is 1. The predicted molar refractivity (Wildman–Crippen MR) is 73.4 cm³/mol. The molecule has 1 atom stereocenters. The summed E-state index contributed by atoms with van der Waals surface area (Å²) >= 11 is 0. The molecule has 8 nitrogen and oxygen atoms in total. The smallest absolute Gasteiger partial charge is 0.326 e. The van der Waals surface area contributed by atoms with E-state index < -0.39 is 27.9 Å². The summed E-state index contributed by atoms with van der Waals surface area (Å²) in [6.07, 6.45) is 0.876. The molecule has 0 aliphatic rings. The highest BCUT2D eigenvalue weighted by Crippen LogP contribution is 1.97. The molecule has 0 aromatic heterocycles. The van der Waals surface area contributed by atoms with Crippen LogP contribution in [0.15, 0.2) is 0 Å². The van der Waals surface area contributed by atoms with Crippen LogP contribution in [0.25, 0.3) is 0 Å². The van der Waals surface area contributed by atoms with Crippen LogP contribution in [-0.4, -0.2) is 62.8 Å². The Morgan fingerprint density at radius 1 is 1.30 bits per heavy atom. The van der Waals surface area contributed by atoms with E-state index in [-0.39, 0.29) is 24.8 Å². The molecule has 0 aliphatic carbocycles. The lowest BCUT2D eigenvalue weighted by Gasteiger charge is -2.15. The van der Waals surface area contributed by atoms with Gasteiger partial charge in [0, 0.05) is 12.8 Å². The molecule has 0 rings (SSSR count). The molecule has 0 aliphatic heterocycles. The predicted octanol–water partition coefficient (Wildman–Crippen LogP) is -0.401. The number of carbonyl (C=O) groups is 2. The number of aliphatic carboxylic acids is 1. The van der Waals surface area contributed by atoms with Gasteiger partial charge < -0.3 is 20.5 Å². The summed E-state index contributed by atoms with van der Waals surface area (Å²) in [5.41, 5.74) is 0. The number of carboxylic acids is 1. The molecule has 0 spiro atoms. The number of nitrogens with one attached hydrogen (secondary N) is 2. The molecular weight excluding hydrogens is 288 g/mol. The Kier molecular flexibility index (Phi) is 8.16. The normalized spacial score (nSPS) is 13.0. The maximum atomic E-state index is 11.4. The van der Waals surface area contributed by atoms with Gasteiger partial charge in [0.1, 0.15) is 15.9 Å². The first-order chi connectivity index (χ1) is 9.11. The highest BCUT2D eigenvalue weighted by atomic mass is 32.2. The van der Waals surface area contributed by atoms with E-state index in [0.717, 1.165) is 6.26 Å². The Bertz CT molecular complexity index is 421. The van der Waals surface area contributed by atoms with Gasteiger partial charge in [-0.25, -0.2) is 18.0 Å². The second-order valence-electron chi connectivity index (χ2n) is 4.63. The first kappa shape index (κ1) is 18.7. The van der Waals surface area contributed by atoms with Crippen molar-refractivity contribution in [1.82, 2.24) is 10.6 Å². The number of rotatable bonds is 9. The lowest BCUT2D eigenvalue weighted by Crippen LogP contribution is -2.47.